The highest BCUT2D eigenvalue weighted by Crippen LogP contribution is 2.37. The molecule has 9 nitrogen and oxygen atoms in total. The van der Waals surface area contributed by atoms with Crippen molar-refractivity contribution in [1.82, 2.24) is 20.6 Å². The molecule has 0 unspecified atom stereocenters. The summed E-state index contributed by atoms with van der Waals surface area (Å²) < 4.78 is 11.0. The first kappa shape index (κ1) is 24.4. The van der Waals surface area contributed by atoms with Gasteiger partial charge in [-0.1, -0.05) is 30.3 Å². The average Bonchev–Trinajstić information content (AvgIpc) is 3.54. The number of hydrogen-bond donors (Lipinski definition) is 2. The zero-order chi connectivity index (χ0) is 25.9. The van der Waals surface area contributed by atoms with E-state index < -0.39 is 0 Å². The maximum atomic E-state index is 11.8. The maximum Gasteiger partial charge on any atom is 0.290 e. The van der Waals surface area contributed by atoms with Gasteiger partial charge < -0.3 is 19.7 Å². The highest BCUT2D eigenvalue weighted by atomic mass is 32.2. The third-order valence-corrected chi connectivity index (χ3v) is 7.74. The van der Waals surface area contributed by atoms with Gasteiger partial charge in [-0.15, -0.1) is 0 Å². The summed E-state index contributed by atoms with van der Waals surface area (Å²) in [5.41, 5.74) is 4.18. The van der Waals surface area contributed by atoms with Gasteiger partial charge in [-0.05, 0) is 78.0 Å². The van der Waals surface area contributed by atoms with Crippen LogP contribution in [0.2, 0.25) is 0 Å². The van der Waals surface area contributed by atoms with Crippen LogP contribution in [0.4, 0.5) is 10.7 Å². The second kappa shape index (κ2) is 10.8. The number of ether oxygens (including phenoxy) is 2. The number of aromatic nitrogens is 2. The van der Waals surface area contributed by atoms with Crippen molar-refractivity contribution in [3.63, 3.8) is 0 Å². The minimum Gasteiger partial charge on any atom is -0.454 e. The molecule has 38 heavy (non-hydrogen) atoms. The summed E-state index contributed by atoms with van der Waals surface area (Å²) in [6.45, 7) is 3.74. The molecule has 0 radical (unpaired) electrons. The van der Waals surface area contributed by atoms with Gasteiger partial charge in [0.25, 0.3) is 11.1 Å². The van der Waals surface area contributed by atoms with E-state index in [9.17, 15) is 9.59 Å². The first-order valence-electron chi connectivity index (χ1n) is 12.6. The van der Waals surface area contributed by atoms with Gasteiger partial charge in [-0.2, -0.15) is 0 Å². The van der Waals surface area contributed by atoms with Crippen LogP contribution in [0.15, 0.2) is 59.6 Å². The highest BCUT2D eigenvalue weighted by Gasteiger charge is 2.26. The van der Waals surface area contributed by atoms with Crippen LogP contribution in [0.3, 0.4) is 0 Å². The van der Waals surface area contributed by atoms with Crippen molar-refractivity contribution in [3.05, 3.63) is 70.9 Å². The lowest BCUT2D eigenvalue weighted by Crippen LogP contribution is -2.38. The molecule has 0 saturated carbocycles. The minimum absolute atomic E-state index is 0.274. The summed E-state index contributed by atoms with van der Waals surface area (Å²) in [4.78, 5) is 34.8. The van der Waals surface area contributed by atoms with Crippen LogP contribution in [-0.2, 0) is 11.3 Å². The van der Waals surface area contributed by atoms with Gasteiger partial charge in [0.2, 0.25) is 12.7 Å². The minimum atomic E-state index is -0.382. The van der Waals surface area contributed by atoms with Gasteiger partial charge in [-0.3, -0.25) is 14.9 Å². The summed E-state index contributed by atoms with van der Waals surface area (Å²) >= 11 is 0.890. The molecule has 3 aromatic rings. The Hall–Kier alpha value is -3.89. The number of fused-ring (bicyclic) bond motifs is 1. The molecule has 2 aromatic carbocycles. The standard InChI is InChI=1S/C28H27N5O4S/c34-26-25(38-28(35)32-26)14-21-7-10-30-27(31-21)33-11-8-18(9-12-33)15-29-16-20-3-1-2-4-22(20)19-5-6-23-24(13-19)37-17-36-23/h1-7,10,13-14,18,29H,8-9,11-12,15-17H2,(H,32,34,35). The number of thioether (sulfide) groups is 1. The van der Waals surface area contributed by atoms with Crippen LogP contribution in [0.5, 0.6) is 11.5 Å². The van der Waals surface area contributed by atoms with Crippen LogP contribution in [-0.4, -0.2) is 47.5 Å². The topological polar surface area (TPSA) is 106 Å². The van der Waals surface area contributed by atoms with E-state index in [1.165, 1.54) is 11.1 Å². The Kier molecular flexibility index (Phi) is 6.98. The average molecular weight is 530 g/mol. The lowest BCUT2D eigenvalue weighted by atomic mass is 9.96. The summed E-state index contributed by atoms with van der Waals surface area (Å²) in [5.74, 6) is 2.42. The number of nitrogens with zero attached hydrogens (tertiary/aromatic N) is 3. The van der Waals surface area contributed by atoms with Crippen LogP contribution in [0, 0.1) is 5.92 Å². The van der Waals surface area contributed by atoms with Crippen LogP contribution in [0.25, 0.3) is 17.2 Å². The number of piperidine rings is 1. The Labute approximate surface area is 224 Å². The summed E-state index contributed by atoms with van der Waals surface area (Å²) in [7, 11) is 0. The van der Waals surface area contributed by atoms with Crippen LogP contribution in [0.1, 0.15) is 24.1 Å². The van der Waals surface area contributed by atoms with Crippen molar-refractivity contribution in [2.24, 2.45) is 5.92 Å². The largest absolute Gasteiger partial charge is 0.454 e. The molecular weight excluding hydrogens is 502 g/mol. The Balaban J connectivity index is 1.03. The second-order valence-electron chi connectivity index (χ2n) is 9.42. The van der Waals surface area contributed by atoms with E-state index in [2.05, 4.69) is 55.8 Å². The predicted molar refractivity (Wildman–Crippen MR) is 146 cm³/mol. The molecule has 2 N–H and O–H groups in total. The molecular formula is C28H27N5O4S. The zero-order valence-corrected chi connectivity index (χ0v) is 21.5. The van der Waals surface area contributed by atoms with E-state index in [1.54, 1.807) is 18.3 Å². The van der Waals surface area contributed by atoms with E-state index in [4.69, 9.17) is 9.47 Å². The van der Waals surface area contributed by atoms with Gasteiger partial charge in [0.05, 0.1) is 10.6 Å². The van der Waals surface area contributed by atoms with Gasteiger partial charge in [0, 0.05) is 25.8 Å². The maximum absolute atomic E-state index is 11.8. The molecule has 0 aliphatic carbocycles. The molecule has 4 heterocycles. The highest BCUT2D eigenvalue weighted by molar-refractivity contribution is 8.18. The van der Waals surface area contributed by atoms with Crippen LogP contribution < -0.4 is 25.0 Å². The van der Waals surface area contributed by atoms with E-state index in [1.807, 2.05) is 12.1 Å². The first-order chi connectivity index (χ1) is 18.6. The van der Waals surface area contributed by atoms with Crippen molar-refractivity contribution >= 4 is 34.9 Å². The fourth-order valence-electron chi connectivity index (χ4n) is 4.92. The molecule has 0 atom stereocenters. The molecule has 0 spiro atoms. The van der Waals surface area contributed by atoms with Crippen molar-refractivity contribution in [2.45, 2.75) is 19.4 Å². The molecule has 6 rings (SSSR count). The predicted octanol–water partition coefficient (Wildman–Crippen LogP) is 4.20. The Morgan fingerprint density at radius 2 is 1.92 bits per heavy atom. The number of carbonyl (C=O) groups excluding carboxylic acids is 2. The number of imide groups is 1. The van der Waals surface area contributed by atoms with E-state index in [0.717, 1.165) is 67.8 Å². The number of benzene rings is 2. The van der Waals surface area contributed by atoms with Crippen molar-refractivity contribution in [3.8, 4) is 22.6 Å². The quantitative estimate of drug-likeness (QED) is 0.436. The molecule has 0 bridgehead atoms. The normalized spacial score (nSPS) is 18.3. The summed E-state index contributed by atoms with van der Waals surface area (Å²) in [6, 6.07) is 16.3. The van der Waals surface area contributed by atoms with Gasteiger partial charge >= 0.3 is 0 Å². The molecule has 194 valence electrons. The smallest absolute Gasteiger partial charge is 0.290 e. The second-order valence-corrected chi connectivity index (χ2v) is 10.4. The SMILES string of the molecule is O=C1NC(=O)C(=Cc2ccnc(N3CCC(CNCc4ccccc4-c4ccc5c(c4)OCO5)CC3)n2)S1. The lowest BCUT2D eigenvalue weighted by Gasteiger charge is -2.32. The van der Waals surface area contributed by atoms with Gasteiger partial charge in [0.15, 0.2) is 11.5 Å². The third-order valence-electron chi connectivity index (χ3n) is 6.93. The van der Waals surface area contributed by atoms with E-state index >= 15 is 0 Å². The van der Waals surface area contributed by atoms with Crippen LogP contribution >= 0.6 is 11.8 Å². The van der Waals surface area contributed by atoms with Crippen molar-refractivity contribution < 1.29 is 19.1 Å². The molecule has 3 aliphatic heterocycles. The Morgan fingerprint density at radius 1 is 1.08 bits per heavy atom. The lowest BCUT2D eigenvalue weighted by molar-refractivity contribution is -0.115. The van der Waals surface area contributed by atoms with E-state index in [0.29, 0.717) is 22.5 Å². The first-order valence-corrected chi connectivity index (χ1v) is 13.5. The van der Waals surface area contributed by atoms with Crippen molar-refractivity contribution in [1.29, 1.82) is 0 Å². The molecule has 1 aromatic heterocycles. The van der Waals surface area contributed by atoms with E-state index in [-0.39, 0.29) is 17.9 Å². The molecule has 2 amide bonds. The number of carbonyl (C=O) groups is 2. The number of rotatable bonds is 7. The van der Waals surface area contributed by atoms with Gasteiger partial charge in [0.1, 0.15) is 0 Å². The molecule has 2 fully saturated rings. The fourth-order valence-corrected chi connectivity index (χ4v) is 5.59. The molecule has 2 saturated heterocycles. The van der Waals surface area contributed by atoms with Crippen molar-refractivity contribution in [2.75, 3.05) is 31.3 Å². The van der Waals surface area contributed by atoms with Gasteiger partial charge in [-0.25, -0.2) is 9.97 Å². The summed E-state index contributed by atoms with van der Waals surface area (Å²) in [5, 5.41) is 5.57. The number of nitrogens with one attached hydrogen (secondary N) is 2. The molecule has 3 aliphatic rings. The summed E-state index contributed by atoms with van der Waals surface area (Å²) in [6.07, 6.45) is 5.41. The molecule has 10 heteroatoms. The Morgan fingerprint density at radius 3 is 2.76 bits per heavy atom. The third kappa shape index (κ3) is 5.36. The number of amides is 2. The monoisotopic (exact) mass is 529 g/mol. The zero-order valence-electron chi connectivity index (χ0n) is 20.7. The fraction of sp³-hybridized carbons (Fsp3) is 0.286. The Bertz CT molecular complexity index is 1400. The number of anilines is 1. The number of hydrogen-bond acceptors (Lipinski definition) is 9.